The molecule has 0 saturated heterocycles. The number of carbonyl (C=O) groups is 1. The molecule has 0 fully saturated rings. The molecule has 0 aliphatic heterocycles. The first-order chi connectivity index (χ1) is 10.1. The predicted octanol–water partition coefficient (Wildman–Crippen LogP) is 3.23. The number of benzene rings is 1. The van der Waals surface area contributed by atoms with Crippen LogP contribution in [0.2, 0.25) is 5.02 Å². The maximum absolute atomic E-state index is 10.9. The number of nitrogens with zero attached hydrogens (tertiary/aromatic N) is 3. The zero-order valence-electron chi connectivity index (χ0n) is 11.0. The Bertz CT molecular complexity index is 796. The van der Waals surface area contributed by atoms with Crippen LogP contribution in [0.4, 0.5) is 0 Å². The molecule has 2 heterocycles. The highest BCUT2D eigenvalue weighted by atomic mass is 35.5. The van der Waals surface area contributed by atoms with E-state index in [4.69, 9.17) is 16.7 Å². The van der Waals surface area contributed by atoms with E-state index in [1.54, 1.807) is 18.3 Å². The van der Waals surface area contributed by atoms with Crippen molar-refractivity contribution in [3.8, 4) is 11.5 Å². The van der Waals surface area contributed by atoms with Gasteiger partial charge in [0, 0.05) is 12.7 Å². The summed E-state index contributed by atoms with van der Waals surface area (Å²) >= 11 is 5.85. The minimum Gasteiger partial charge on any atom is -0.481 e. The van der Waals surface area contributed by atoms with Crippen molar-refractivity contribution in [2.24, 2.45) is 0 Å². The third-order valence-corrected chi connectivity index (χ3v) is 3.38. The first-order valence-electron chi connectivity index (χ1n) is 6.44. The molecule has 1 aromatic carbocycles. The van der Waals surface area contributed by atoms with E-state index in [1.165, 1.54) is 0 Å². The normalized spacial score (nSPS) is 10.9. The lowest BCUT2D eigenvalue weighted by Gasteiger charge is -2.07. The number of aliphatic carboxylic acids is 1. The van der Waals surface area contributed by atoms with Gasteiger partial charge < -0.3 is 9.67 Å². The van der Waals surface area contributed by atoms with Gasteiger partial charge in [0.15, 0.2) is 5.82 Å². The zero-order valence-corrected chi connectivity index (χ0v) is 11.8. The fourth-order valence-electron chi connectivity index (χ4n) is 2.21. The molecule has 6 heteroatoms. The largest absolute Gasteiger partial charge is 0.481 e. The molecule has 0 spiro atoms. The maximum atomic E-state index is 10.9. The van der Waals surface area contributed by atoms with Crippen LogP contribution in [0.5, 0.6) is 0 Å². The summed E-state index contributed by atoms with van der Waals surface area (Å²) in [7, 11) is 0. The van der Waals surface area contributed by atoms with Crippen LogP contribution in [0.25, 0.3) is 22.6 Å². The Morgan fingerprint density at radius 1 is 1.24 bits per heavy atom. The van der Waals surface area contributed by atoms with E-state index >= 15 is 0 Å². The summed E-state index contributed by atoms with van der Waals surface area (Å²) in [5.74, 6) is -0.197. The minimum atomic E-state index is -0.845. The van der Waals surface area contributed by atoms with Crippen molar-refractivity contribution in [2.75, 3.05) is 0 Å². The average molecular weight is 302 g/mol. The number of halogens is 1. The van der Waals surface area contributed by atoms with E-state index in [2.05, 4.69) is 9.97 Å². The molecule has 3 aromatic rings. The average Bonchev–Trinajstić information content (AvgIpc) is 2.84. The summed E-state index contributed by atoms with van der Waals surface area (Å²) in [6.07, 6.45) is 1.58. The molecule has 5 nitrogen and oxygen atoms in total. The van der Waals surface area contributed by atoms with Crippen molar-refractivity contribution in [2.45, 2.75) is 13.0 Å². The van der Waals surface area contributed by atoms with Gasteiger partial charge in [0.05, 0.1) is 22.5 Å². The van der Waals surface area contributed by atoms with Crippen molar-refractivity contribution >= 4 is 28.6 Å². The molecule has 0 bridgehead atoms. The predicted molar refractivity (Wildman–Crippen MR) is 80.2 cm³/mol. The number of fused-ring (bicyclic) bond motifs is 1. The summed E-state index contributed by atoms with van der Waals surface area (Å²) in [5.41, 5.74) is 2.38. The molecule has 0 aliphatic rings. The monoisotopic (exact) mass is 301 g/mol. The SMILES string of the molecule is O=C(O)CCn1c(-c2ccc(Cl)cn2)nc2ccccc21. The summed E-state index contributed by atoms with van der Waals surface area (Å²) in [5, 5.41) is 9.46. The highest BCUT2D eigenvalue weighted by Crippen LogP contribution is 2.24. The highest BCUT2D eigenvalue weighted by Gasteiger charge is 2.14. The Balaban J connectivity index is 2.13. The zero-order chi connectivity index (χ0) is 14.8. The number of para-hydroxylation sites is 2. The fraction of sp³-hybridized carbons (Fsp3) is 0.133. The summed E-state index contributed by atoms with van der Waals surface area (Å²) < 4.78 is 1.87. The minimum absolute atomic E-state index is 0.0287. The molecule has 0 saturated carbocycles. The van der Waals surface area contributed by atoms with Gasteiger partial charge in [-0.05, 0) is 24.3 Å². The first-order valence-corrected chi connectivity index (χ1v) is 6.82. The summed E-state index contributed by atoms with van der Waals surface area (Å²) in [4.78, 5) is 19.7. The van der Waals surface area contributed by atoms with E-state index in [9.17, 15) is 4.79 Å². The van der Waals surface area contributed by atoms with Crippen molar-refractivity contribution in [3.63, 3.8) is 0 Å². The number of carboxylic acid groups (broad SMARTS) is 1. The summed E-state index contributed by atoms with van der Waals surface area (Å²) in [6.45, 7) is 0.343. The molecule has 0 unspecified atom stereocenters. The van der Waals surface area contributed by atoms with Crippen LogP contribution >= 0.6 is 11.6 Å². The van der Waals surface area contributed by atoms with Crippen LogP contribution in [0.15, 0.2) is 42.6 Å². The van der Waals surface area contributed by atoms with Gasteiger partial charge in [-0.2, -0.15) is 0 Å². The molecule has 0 amide bonds. The Morgan fingerprint density at radius 2 is 2.05 bits per heavy atom. The topological polar surface area (TPSA) is 68.0 Å². The van der Waals surface area contributed by atoms with Gasteiger partial charge in [0.1, 0.15) is 5.69 Å². The second-order valence-corrected chi connectivity index (χ2v) is 5.02. The van der Waals surface area contributed by atoms with Crippen LogP contribution in [-0.2, 0) is 11.3 Å². The lowest BCUT2D eigenvalue weighted by molar-refractivity contribution is -0.137. The Hall–Kier alpha value is -2.40. The number of aryl methyl sites for hydroxylation is 1. The second-order valence-electron chi connectivity index (χ2n) is 4.58. The van der Waals surface area contributed by atoms with Gasteiger partial charge in [-0.3, -0.25) is 9.78 Å². The van der Waals surface area contributed by atoms with E-state index in [-0.39, 0.29) is 6.42 Å². The Kier molecular flexibility index (Phi) is 3.58. The smallest absolute Gasteiger partial charge is 0.305 e. The van der Waals surface area contributed by atoms with Gasteiger partial charge in [-0.1, -0.05) is 23.7 Å². The third kappa shape index (κ3) is 2.73. The number of hydrogen-bond acceptors (Lipinski definition) is 3. The van der Waals surface area contributed by atoms with Crippen molar-refractivity contribution < 1.29 is 9.90 Å². The number of aromatic nitrogens is 3. The lowest BCUT2D eigenvalue weighted by Crippen LogP contribution is -2.06. The van der Waals surface area contributed by atoms with Gasteiger partial charge >= 0.3 is 5.97 Å². The van der Waals surface area contributed by atoms with E-state index in [0.717, 1.165) is 11.0 Å². The maximum Gasteiger partial charge on any atom is 0.305 e. The molecule has 106 valence electrons. The van der Waals surface area contributed by atoms with Crippen molar-refractivity contribution in [3.05, 3.63) is 47.6 Å². The molecule has 2 aromatic heterocycles. The number of rotatable bonds is 4. The highest BCUT2D eigenvalue weighted by molar-refractivity contribution is 6.30. The van der Waals surface area contributed by atoms with Crippen LogP contribution in [0.3, 0.4) is 0 Å². The van der Waals surface area contributed by atoms with E-state index < -0.39 is 5.97 Å². The van der Waals surface area contributed by atoms with Crippen LogP contribution in [0.1, 0.15) is 6.42 Å². The number of pyridine rings is 1. The third-order valence-electron chi connectivity index (χ3n) is 3.16. The van der Waals surface area contributed by atoms with Crippen molar-refractivity contribution in [1.29, 1.82) is 0 Å². The molecular formula is C15H12ClN3O2. The first kappa shape index (κ1) is 13.6. The number of imidazole rings is 1. The molecule has 0 radical (unpaired) electrons. The lowest BCUT2D eigenvalue weighted by atomic mass is 10.3. The summed E-state index contributed by atoms with van der Waals surface area (Å²) in [6, 6.07) is 11.1. The Labute approximate surface area is 125 Å². The van der Waals surface area contributed by atoms with Gasteiger partial charge in [0.25, 0.3) is 0 Å². The molecule has 3 rings (SSSR count). The number of hydrogen-bond donors (Lipinski definition) is 1. The molecule has 21 heavy (non-hydrogen) atoms. The van der Waals surface area contributed by atoms with Crippen molar-refractivity contribution in [1.82, 2.24) is 14.5 Å². The standard InChI is InChI=1S/C15H12ClN3O2/c16-10-5-6-12(17-9-10)15-18-11-3-1-2-4-13(11)19(15)8-7-14(20)21/h1-6,9H,7-8H2,(H,20,21). The van der Waals surface area contributed by atoms with Crippen LogP contribution < -0.4 is 0 Å². The Morgan fingerprint density at radius 3 is 2.76 bits per heavy atom. The van der Waals surface area contributed by atoms with Crippen LogP contribution in [0, 0.1) is 0 Å². The second kappa shape index (κ2) is 5.54. The fourth-order valence-corrected chi connectivity index (χ4v) is 2.32. The molecule has 0 atom stereocenters. The number of carboxylic acids is 1. The molecule has 0 aliphatic carbocycles. The quantitative estimate of drug-likeness (QED) is 0.803. The molecule has 1 N–H and O–H groups in total. The van der Waals surface area contributed by atoms with E-state index in [0.29, 0.717) is 23.1 Å². The van der Waals surface area contributed by atoms with Gasteiger partial charge in [-0.25, -0.2) is 4.98 Å². The van der Waals surface area contributed by atoms with E-state index in [1.807, 2.05) is 28.8 Å². The van der Waals surface area contributed by atoms with Gasteiger partial charge in [0.2, 0.25) is 0 Å². The van der Waals surface area contributed by atoms with Crippen LogP contribution in [-0.4, -0.2) is 25.6 Å². The van der Waals surface area contributed by atoms with Gasteiger partial charge in [-0.15, -0.1) is 0 Å². The molecular weight excluding hydrogens is 290 g/mol.